The Morgan fingerprint density at radius 2 is 1.54 bits per heavy atom. The molecule has 1 rings (SSSR count). The van der Waals surface area contributed by atoms with Crippen molar-refractivity contribution in [3.63, 3.8) is 0 Å². The molecule has 3 heteroatoms. The second-order valence-corrected chi connectivity index (χ2v) is 2.99. The van der Waals surface area contributed by atoms with Gasteiger partial charge in [0.1, 0.15) is 0 Å². The van der Waals surface area contributed by atoms with Gasteiger partial charge in [-0.1, -0.05) is 12.8 Å². The van der Waals surface area contributed by atoms with Crippen LogP contribution in [-0.2, 0) is 21.7 Å². The first kappa shape index (κ1) is 23.4. The summed E-state index contributed by atoms with van der Waals surface area (Å²) < 4.78 is 0. The van der Waals surface area contributed by atoms with E-state index in [-0.39, 0.29) is 44.0 Å². The number of hydroxylamine groups is 2. The third kappa shape index (κ3) is 10.6. The Kier molecular flexibility index (Phi) is 22.8. The summed E-state index contributed by atoms with van der Waals surface area (Å²) in [6.07, 6.45) is 5.34. The van der Waals surface area contributed by atoms with Crippen LogP contribution in [0.2, 0.25) is 0 Å². The van der Waals surface area contributed by atoms with E-state index in [0.29, 0.717) is 0 Å². The summed E-state index contributed by atoms with van der Waals surface area (Å²) in [6.45, 7) is 0.861. The molecule has 13 heavy (non-hydrogen) atoms. The van der Waals surface area contributed by atoms with Gasteiger partial charge in [0.25, 0.3) is 0 Å². The first-order chi connectivity index (χ1) is 4.29. The van der Waals surface area contributed by atoms with Crippen molar-refractivity contribution >= 4 is 0 Å². The van der Waals surface area contributed by atoms with Gasteiger partial charge < -0.3 is 27.5 Å². The maximum Gasteiger partial charge on any atom is 4.00 e. The van der Waals surface area contributed by atoms with E-state index in [2.05, 4.69) is 0 Å². The van der Waals surface area contributed by atoms with Gasteiger partial charge >= 0.3 is 21.7 Å². The normalized spacial score (nSPS) is 15.0. The monoisotopic (exact) mass is 222 g/mol. The van der Waals surface area contributed by atoms with Crippen LogP contribution in [0.5, 0.6) is 0 Å². The van der Waals surface area contributed by atoms with Gasteiger partial charge in [0, 0.05) is 13.6 Å². The molecule has 1 N–H and O–H groups in total. The average Bonchev–Trinajstić information content (AvgIpc) is 2.15. The topological polar surface area (TPSA) is 23.5 Å². The zero-order chi connectivity index (χ0) is 6.69. The molecule has 0 saturated heterocycles. The molecule has 1 saturated carbocycles. The quantitative estimate of drug-likeness (QED) is 0.441. The number of hydrogen-bond donors (Lipinski definition) is 1. The summed E-state index contributed by atoms with van der Waals surface area (Å²) in [5, 5.41) is 10.1. The van der Waals surface area contributed by atoms with E-state index in [0.717, 1.165) is 12.5 Å². The smallest absolute Gasteiger partial charge is 0.358 e. The molecule has 0 aromatic carbocycles. The van der Waals surface area contributed by atoms with Crippen molar-refractivity contribution in [3.05, 3.63) is 22.3 Å². The second kappa shape index (κ2) is 12.6. The molecule has 0 spiro atoms. The van der Waals surface area contributed by atoms with Crippen molar-refractivity contribution in [1.29, 1.82) is 0 Å². The number of rotatable bonds is 2. The van der Waals surface area contributed by atoms with E-state index in [1.165, 1.54) is 30.7 Å². The van der Waals surface area contributed by atoms with Crippen molar-refractivity contribution in [2.45, 2.75) is 25.7 Å². The summed E-state index contributed by atoms with van der Waals surface area (Å²) in [5.41, 5.74) is 0. The first-order valence-corrected chi connectivity index (χ1v) is 3.69. The molecule has 0 aromatic rings. The van der Waals surface area contributed by atoms with Crippen molar-refractivity contribution in [2.75, 3.05) is 13.6 Å². The summed E-state index contributed by atoms with van der Waals surface area (Å²) in [7, 11) is 1.72. The molecular formula is C10H24NOTi+. The summed E-state index contributed by atoms with van der Waals surface area (Å²) in [6, 6.07) is 0. The third-order valence-electron chi connectivity index (χ3n) is 2.00. The molecular weight excluding hydrogens is 198 g/mol. The Hall–Kier alpha value is 0.634. The Morgan fingerprint density at radius 1 is 1.15 bits per heavy atom. The van der Waals surface area contributed by atoms with Gasteiger partial charge in [-0.3, -0.25) is 0 Å². The van der Waals surface area contributed by atoms with Crippen LogP contribution in [0.25, 0.3) is 0 Å². The fourth-order valence-corrected chi connectivity index (χ4v) is 1.57. The van der Waals surface area contributed by atoms with Crippen LogP contribution < -0.4 is 0 Å². The molecule has 2 nitrogen and oxygen atoms in total. The standard InChI is InChI=1S/C7H15NO.3CH3.Ti/c1-8(9)6-7-4-2-3-5-7;;;;/h7,9H,2-6H2,1H3;3*1H3;/q;3*-1;+4. The van der Waals surface area contributed by atoms with Gasteiger partial charge in [-0.2, -0.15) is 5.06 Å². The molecule has 0 amide bonds. The molecule has 1 aliphatic carbocycles. The van der Waals surface area contributed by atoms with Gasteiger partial charge in [-0.25, -0.2) is 0 Å². The van der Waals surface area contributed by atoms with Crippen LogP contribution in [-0.4, -0.2) is 23.9 Å². The zero-order valence-corrected chi connectivity index (χ0v) is 11.1. The molecule has 0 aliphatic heterocycles. The van der Waals surface area contributed by atoms with Crippen LogP contribution in [0.1, 0.15) is 25.7 Å². The molecule has 1 aliphatic rings. The van der Waals surface area contributed by atoms with Gasteiger partial charge in [0.15, 0.2) is 0 Å². The first-order valence-electron chi connectivity index (χ1n) is 3.69. The van der Waals surface area contributed by atoms with E-state index in [1.54, 1.807) is 7.05 Å². The van der Waals surface area contributed by atoms with Crippen molar-refractivity contribution < 1.29 is 26.9 Å². The van der Waals surface area contributed by atoms with Crippen LogP contribution in [0, 0.1) is 28.2 Å². The van der Waals surface area contributed by atoms with Gasteiger partial charge in [-0.05, 0) is 18.8 Å². The van der Waals surface area contributed by atoms with Crippen LogP contribution >= 0.6 is 0 Å². The van der Waals surface area contributed by atoms with E-state index >= 15 is 0 Å². The van der Waals surface area contributed by atoms with E-state index in [9.17, 15) is 0 Å². The van der Waals surface area contributed by atoms with Crippen LogP contribution in [0.3, 0.4) is 0 Å². The molecule has 0 unspecified atom stereocenters. The molecule has 0 atom stereocenters. The Balaban J connectivity index is -0.000000101. The average molecular weight is 222 g/mol. The summed E-state index contributed by atoms with van der Waals surface area (Å²) in [5.74, 6) is 0.764. The van der Waals surface area contributed by atoms with Gasteiger partial charge in [-0.15, -0.1) is 0 Å². The zero-order valence-electron chi connectivity index (χ0n) is 9.51. The fourth-order valence-electron chi connectivity index (χ4n) is 1.57. The van der Waals surface area contributed by atoms with Crippen molar-refractivity contribution in [3.8, 4) is 0 Å². The van der Waals surface area contributed by atoms with Crippen molar-refractivity contribution in [2.24, 2.45) is 5.92 Å². The summed E-state index contributed by atoms with van der Waals surface area (Å²) in [4.78, 5) is 0. The minimum atomic E-state index is 0. The predicted octanol–water partition coefficient (Wildman–Crippen LogP) is 2.85. The third-order valence-corrected chi connectivity index (χ3v) is 2.00. The van der Waals surface area contributed by atoms with Crippen molar-refractivity contribution in [1.82, 2.24) is 5.06 Å². The molecule has 1 fully saturated rings. The summed E-state index contributed by atoms with van der Waals surface area (Å²) >= 11 is 0. The van der Waals surface area contributed by atoms with Crippen LogP contribution in [0.15, 0.2) is 0 Å². The number of nitrogens with zero attached hydrogens (tertiary/aromatic N) is 1. The Labute approximate surface area is 99.5 Å². The molecule has 0 bridgehead atoms. The van der Waals surface area contributed by atoms with Gasteiger partial charge in [0.2, 0.25) is 0 Å². The Bertz CT molecular complexity index is 83.0. The van der Waals surface area contributed by atoms with E-state index in [4.69, 9.17) is 5.21 Å². The minimum Gasteiger partial charge on any atom is -0.358 e. The molecule has 0 aromatic heterocycles. The van der Waals surface area contributed by atoms with E-state index < -0.39 is 0 Å². The largest absolute Gasteiger partial charge is 4.00 e. The second-order valence-electron chi connectivity index (χ2n) is 2.99. The SMILES string of the molecule is CN(O)CC1CCCC1.[CH3-].[CH3-].[CH3-].[Ti+4]. The van der Waals surface area contributed by atoms with E-state index in [1.807, 2.05) is 0 Å². The minimum absolute atomic E-state index is 0. The molecule has 0 radical (unpaired) electrons. The maximum absolute atomic E-state index is 8.85. The maximum atomic E-state index is 8.85. The molecule has 78 valence electrons. The predicted molar refractivity (Wildman–Crippen MR) is 55.6 cm³/mol. The van der Waals surface area contributed by atoms with Gasteiger partial charge in [0.05, 0.1) is 0 Å². The fraction of sp³-hybridized carbons (Fsp3) is 0.700. The number of hydrogen-bond acceptors (Lipinski definition) is 2. The Morgan fingerprint density at radius 3 is 1.85 bits per heavy atom. The van der Waals surface area contributed by atoms with Crippen LogP contribution in [0.4, 0.5) is 0 Å². The molecule has 0 heterocycles.